The standard InChI is InChI=1S/C18H23F3N6/c1-22-17(25-15-6-9-26(12-15)13-18(19,20)21)23-11-14-4-2-5-16(10-14)27-8-3-7-24-27/h2-5,7-8,10,15H,6,9,11-13H2,1H3,(H2,22,23,25). The van der Waals surface area contributed by atoms with E-state index < -0.39 is 12.7 Å². The fraction of sp³-hybridized carbons (Fsp3) is 0.444. The molecule has 1 fully saturated rings. The molecule has 0 spiro atoms. The Morgan fingerprint density at radius 3 is 2.89 bits per heavy atom. The molecule has 0 saturated carbocycles. The van der Waals surface area contributed by atoms with Gasteiger partial charge in [0.1, 0.15) is 0 Å². The molecular weight excluding hydrogens is 357 g/mol. The second-order valence-corrected chi connectivity index (χ2v) is 6.53. The summed E-state index contributed by atoms with van der Waals surface area (Å²) in [5, 5.41) is 10.6. The number of nitrogens with one attached hydrogen (secondary N) is 2. The quantitative estimate of drug-likeness (QED) is 0.617. The molecular formula is C18H23F3N6. The van der Waals surface area contributed by atoms with Gasteiger partial charge in [0.15, 0.2) is 5.96 Å². The molecule has 2 aromatic rings. The van der Waals surface area contributed by atoms with Gasteiger partial charge in [-0.05, 0) is 30.2 Å². The molecule has 1 aromatic heterocycles. The van der Waals surface area contributed by atoms with Gasteiger partial charge >= 0.3 is 6.18 Å². The van der Waals surface area contributed by atoms with Crippen molar-refractivity contribution in [2.24, 2.45) is 4.99 Å². The van der Waals surface area contributed by atoms with Crippen LogP contribution in [0.15, 0.2) is 47.7 Å². The molecule has 146 valence electrons. The molecule has 0 aliphatic carbocycles. The predicted molar refractivity (Wildman–Crippen MR) is 97.8 cm³/mol. The Morgan fingerprint density at radius 2 is 2.19 bits per heavy atom. The third-order valence-electron chi connectivity index (χ3n) is 4.38. The number of guanidine groups is 1. The lowest BCUT2D eigenvalue weighted by atomic mass is 10.2. The normalized spacial score (nSPS) is 18.7. The lowest BCUT2D eigenvalue weighted by molar-refractivity contribution is -0.143. The van der Waals surface area contributed by atoms with E-state index in [0.717, 1.165) is 11.3 Å². The van der Waals surface area contributed by atoms with Gasteiger partial charge in [-0.15, -0.1) is 0 Å². The maximum absolute atomic E-state index is 12.5. The molecule has 0 radical (unpaired) electrons. The first kappa shape index (κ1) is 19.2. The van der Waals surface area contributed by atoms with E-state index in [2.05, 4.69) is 20.7 Å². The number of nitrogens with zero attached hydrogens (tertiary/aromatic N) is 4. The number of likely N-dealkylation sites (tertiary alicyclic amines) is 1. The van der Waals surface area contributed by atoms with Crippen LogP contribution >= 0.6 is 0 Å². The van der Waals surface area contributed by atoms with Crippen molar-refractivity contribution in [1.82, 2.24) is 25.3 Å². The Kier molecular flexibility index (Phi) is 6.00. The van der Waals surface area contributed by atoms with Crippen LogP contribution < -0.4 is 10.6 Å². The summed E-state index contributed by atoms with van der Waals surface area (Å²) >= 11 is 0. The summed E-state index contributed by atoms with van der Waals surface area (Å²) in [6.07, 6.45) is 0.0974. The summed E-state index contributed by atoms with van der Waals surface area (Å²) in [7, 11) is 1.65. The minimum Gasteiger partial charge on any atom is -0.352 e. The van der Waals surface area contributed by atoms with Crippen LogP contribution in [0.2, 0.25) is 0 Å². The van der Waals surface area contributed by atoms with E-state index in [1.54, 1.807) is 17.9 Å². The highest BCUT2D eigenvalue weighted by Crippen LogP contribution is 2.20. The van der Waals surface area contributed by atoms with E-state index >= 15 is 0 Å². The Labute approximate surface area is 156 Å². The van der Waals surface area contributed by atoms with Gasteiger partial charge in [0.05, 0.1) is 12.2 Å². The number of hydrogen-bond donors (Lipinski definition) is 2. The maximum atomic E-state index is 12.5. The summed E-state index contributed by atoms with van der Waals surface area (Å²) in [6, 6.07) is 9.75. The third kappa shape index (κ3) is 5.72. The molecule has 9 heteroatoms. The Bertz CT molecular complexity index is 757. The second kappa shape index (κ2) is 8.43. The van der Waals surface area contributed by atoms with Gasteiger partial charge in [-0.2, -0.15) is 18.3 Å². The molecule has 1 aliphatic rings. The zero-order valence-electron chi connectivity index (χ0n) is 15.1. The topological polar surface area (TPSA) is 57.5 Å². The van der Waals surface area contributed by atoms with Crippen molar-refractivity contribution in [2.45, 2.75) is 25.2 Å². The summed E-state index contributed by atoms with van der Waals surface area (Å²) in [5.41, 5.74) is 2.01. The number of aromatic nitrogens is 2. The molecule has 1 saturated heterocycles. The highest BCUT2D eigenvalue weighted by Gasteiger charge is 2.34. The molecule has 3 rings (SSSR count). The maximum Gasteiger partial charge on any atom is 0.401 e. The molecule has 2 N–H and O–H groups in total. The Morgan fingerprint density at radius 1 is 1.33 bits per heavy atom. The van der Waals surface area contributed by atoms with Crippen LogP contribution in [-0.4, -0.2) is 59.5 Å². The average Bonchev–Trinajstić information content (AvgIpc) is 3.29. The van der Waals surface area contributed by atoms with Crippen molar-refractivity contribution in [1.29, 1.82) is 0 Å². The van der Waals surface area contributed by atoms with Crippen LogP contribution in [0.1, 0.15) is 12.0 Å². The van der Waals surface area contributed by atoms with Crippen LogP contribution in [0.3, 0.4) is 0 Å². The van der Waals surface area contributed by atoms with Crippen molar-refractivity contribution in [2.75, 3.05) is 26.7 Å². The lowest BCUT2D eigenvalue weighted by Gasteiger charge is -2.20. The summed E-state index contributed by atoms with van der Waals surface area (Å²) in [6.45, 7) is 0.472. The molecule has 6 nitrogen and oxygen atoms in total. The number of benzene rings is 1. The summed E-state index contributed by atoms with van der Waals surface area (Å²) < 4.78 is 39.3. The van der Waals surface area contributed by atoms with E-state index in [1.165, 1.54) is 4.90 Å². The molecule has 0 bridgehead atoms. The van der Waals surface area contributed by atoms with Crippen LogP contribution in [-0.2, 0) is 6.54 Å². The highest BCUT2D eigenvalue weighted by atomic mass is 19.4. The zero-order valence-corrected chi connectivity index (χ0v) is 15.1. The molecule has 0 amide bonds. The number of alkyl halides is 3. The largest absolute Gasteiger partial charge is 0.401 e. The van der Waals surface area contributed by atoms with Crippen LogP contribution in [0.5, 0.6) is 0 Å². The monoisotopic (exact) mass is 380 g/mol. The molecule has 1 aliphatic heterocycles. The second-order valence-electron chi connectivity index (χ2n) is 6.53. The SMILES string of the molecule is CN=C(NCc1cccc(-n2cccn2)c1)NC1CCN(CC(F)(F)F)C1. The number of hydrogen-bond acceptors (Lipinski definition) is 3. The summed E-state index contributed by atoms with van der Waals surface area (Å²) in [5.74, 6) is 0.582. The van der Waals surface area contributed by atoms with Crippen molar-refractivity contribution in [3.8, 4) is 5.69 Å². The van der Waals surface area contributed by atoms with Gasteiger partial charge in [-0.1, -0.05) is 12.1 Å². The van der Waals surface area contributed by atoms with E-state index in [9.17, 15) is 13.2 Å². The molecule has 2 heterocycles. The third-order valence-corrected chi connectivity index (χ3v) is 4.38. The van der Waals surface area contributed by atoms with E-state index in [0.29, 0.717) is 32.0 Å². The smallest absolute Gasteiger partial charge is 0.352 e. The lowest BCUT2D eigenvalue weighted by Crippen LogP contribution is -2.44. The molecule has 27 heavy (non-hydrogen) atoms. The number of aliphatic imine (C=N–C) groups is 1. The average molecular weight is 380 g/mol. The van der Waals surface area contributed by atoms with Gasteiger partial charge < -0.3 is 10.6 Å². The van der Waals surface area contributed by atoms with Gasteiger partial charge in [0.2, 0.25) is 0 Å². The first-order chi connectivity index (χ1) is 12.9. The van der Waals surface area contributed by atoms with Crippen LogP contribution in [0.25, 0.3) is 5.69 Å². The minimum absolute atomic E-state index is 0.0473. The molecule has 1 aromatic carbocycles. The van der Waals surface area contributed by atoms with Gasteiger partial charge in [0.25, 0.3) is 0 Å². The van der Waals surface area contributed by atoms with Crippen LogP contribution in [0, 0.1) is 0 Å². The Balaban J connectivity index is 1.51. The van der Waals surface area contributed by atoms with Crippen molar-refractivity contribution < 1.29 is 13.2 Å². The zero-order chi connectivity index (χ0) is 19.3. The van der Waals surface area contributed by atoms with Crippen molar-refractivity contribution in [3.05, 3.63) is 48.3 Å². The van der Waals surface area contributed by atoms with E-state index in [4.69, 9.17) is 0 Å². The predicted octanol–water partition coefficient (Wildman–Crippen LogP) is 2.17. The summed E-state index contributed by atoms with van der Waals surface area (Å²) in [4.78, 5) is 5.59. The van der Waals surface area contributed by atoms with Gasteiger partial charge in [0, 0.05) is 45.1 Å². The Hall–Kier alpha value is -2.55. The van der Waals surface area contributed by atoms with Crippen LogP contribution in [0.4, 0.5) is 13.2 Å². The van der Waals surface area contributed by atoms with Crippen molar-refractivity contribution >= 4 is 5.96 Å². The first-order valence-electron chi connectivity index (χ1n) is 8.78. The molecule has 1 unspecified atom stereocenters. The fourth-order valence-corrected chi connectivity index (χ4v) is 3.15. The van der Waals surface area contributed by atoms with Crippen molar-refractivity contribution in [3.63, 3.8) is 0 Å². The number of halogens is 3. The van der Waals surface area contributed by atoms with Gasteiger partial charge in [-0.25, -0.2) is 4.68 Å². The highest BCUT2D eigenvalue weighted by molar-refractivity contribution is 5.80. The molecule has 1 atom stereocenters. The number of rotatable bonds is 5. The van der Waals surface area contributed by atoms with E-state index in [1.807, 2.05) is 36.5 Å². The van der Waals surface area contributed by atoms with Gasteiger partial charge in [-0.3, -0.25) is 9.89 Å². The first-order valence-corrected chi connectivity index (χ1v) is 8.78. The fourth-order valence-electron chi connectivity index (χ4n) is 3.15. The van der Waals surface area contributed by atoms with E-state index in [-0.39, 0.29) is 6.04 Å². The minimum atomic E-state index is -4.16.